The van der Waals surface area contributed by atoms with Crippen molar-refractivity contribution < 1.29 is 13.2 Å². The predicted octanol–water partition coefficient (Wildman–Crippen LogP) is 3.75. The van der Waals surface area contributed by atoms with E-state index in [9.17, 15) is 13.2 Å². The second-order valence-corrected chi connectivity index (χ2v) is 8.07. The Kier molecular flexibility index (Phi) is 5.71. The molecule has 0 bridgehead atoms. The number of nitrogens with one attached hydrogen (secondary N) is 1. The highest BCUT2D eigenvalue weighted by molar-refractivity contribution is 7.17. The maximum Gasteiger partial charge on any atom is 0.416 e. The highest BCUT2D eigenvalue weighted by Crippen LogP contribution is 2.32. The molecule has 0 radical (unpaired) electrons. The van der Waals surface area contributed by atoms with Crippen molar-refractivity contribution in [1.82, 2.24) is 20.2 Å². The molecule has 0 aliphatic carbocycles. The number of nitrogens with zero attached hydrogens (tertiary/aromatic N) is 4. The van der Waals surface area contributed by atoms with Crippen molar-refractivity contribution in [1.29, 1.82) is 0 Å². The fourth-order valence-corrected chi connectivity index (χ4v) is 4.27. The lowest BCUT2D eigenvalue weighted by molar-refractivity contribution is -0.138. The van der Waals surface area contributed by atoms with E-state index in [1.54, 1.807) is 17.4 Å². The minimum Gasteiger partial charge on any atom is -0.338 e. The van der Waals surface area contributed by atoms with Gasteiger partial charge in [0.05, 0.1) is 21.5 Å². The molecule has 9 heteroatoms. The molecule has 0 amide bonds. The van der Waals surface area contributed by atoms with Gasteiger partial charge in [0.1, 0.15) is 0 Å². The van der Waals surface area contributed by atoms with Crippen LogP contribution in [0.25, 0.3) is 10.2 Å². The van der Waals surface area contributed by atoms with Crippen LogP contribution in [0.3, 0.4) is 0 Å². The third kappa shape index (κ3) is 4.52. The molecule has 1 saturated heterocycles. The minimum absolute atomic E-state index is 0.121. The van der Waals surface area contributed by atoms with E-state index in [0.29, 0.717) is 12.5 Å². The fourth-order valence-electron chi connectivity index (χ4n) is 3.44. The second-order valence-electron chi connectivity index (χ2n) is 7.15. The van der Waals surface area contributed by atoms with E-state index < -0.39 is 11.7 Å². The number of halogens is 3. The first kappa shape index (κ1) is 20.1. The highest BCUT2D eigenvalue weighted by atomic mass is 32.1. The number of piperazine rings is 1. The Morgan fingerprint density at radius 1 is 1.03 bits per heavy atom. The van der Waals surface area contributed by atoms with E-state index in [1.165, 1.54) is 12.1 Å². The summed E-state index contributed by atoms with van der Waals surface area (Å²) in [5.41, 5.74) is 1.33. The summed E-state index contributed by atoms with van der Waals surface area (Å²) in [6, 6.07) is 7.62. The van der Waals surface area contributed by atoms with Gasteiger partial charge in [-0.05, 0) is 30.1 Å². The molecule has 2 aromatic heterocycles. The molecule has 1 aromatic carbocycles. The van der Waals surface area contributed by atoms with Gasteiger partial charge in [-0.25, -0.2) is 9.97 Å². The normalized spacial score (nSPS) is 15.9. The monoisotopic (exact) mass is 421 g/mol. The van der Waals surface area contributed by atoms with Gasteiger partial charge in [-0.15, -0.1) is 11.3 Å². The average molecular weight is 421 g/mol. The highest BCUT2D eigenvalue weighted by Gasteiger charge is 2.32. The van der Waals surface area contributed by atoms with Crippen molar-refractivity contribution >= 4 is 27.5 Å². The van der Waals surface area contributed by atoms with Gasteiger partial charge in [-0.1, -0.05) is 18.2 Å². The van der Waals surface area contributed by atoms with Gasteiger partial charge in [-0.2, -0.15) is 13.2 Å². The first-order valence-electron chi connectivity index (χ1n) is 9.45. The molecule has 3 heterocycles. The van der Waals surface area contributed by atoms with Gasteiger partial charge in [0.2, 0.25) is 5.95 Å². The number of alkyl halides is 3. The van der Waals surface area contributed by atoms with E-state index in [0.717, 1.165) is 48.2 Å². The van der Waals surface area contributed by atoms with Crippen molar-refractivity contribution in [2.45, 2.75) is 19.3 Å². The number of benzene rings is 1. The molecule has 154 valence electrons. The molecule has 0 unspecified atom stereocenters. The maximum atomic E-state index is 13.2. The van der Waals surface area contributed by atoms with Gasteiger partial charge in [0.25, 0.3) is 0 Å². The van der Waals surface area contributed by atoms with Crippen LogP contribution in [0.15, 0.2) is 35.7 Å². The van der Waals surface area contributed by atoms with E-state index in [-0.39, 0.29) is 12.1 Å². The number of fused-ring (bicyclic) bond motifs is 1. The molecule has 1 aliphatic rings. The van der Waals surface area contributed by atoms with E-state index in [4.69, 9.17) is 4.98 Å². The molecule has 0 atom stereocenters. The molecule has 4 rings (SSSR count). The Labute approximate surface area is 171 Å². The Balaban J connectivity index is 1.52. The molecular weight excluding hydrogens is 399 g/mol. The van der Waals surface area contributed by atoms with Crippen LogP contribution in [0, 0.1) is 0 Å². The Morgan fingerprint density at radius 3 is 2.55 bits per heavy atom. The van der Waals surface area contributed by atoms with Crippen LogP contribution in [0.1, 0.15) is 16.8 Å². The number of rotatable bonds is 5. The fraction of sp³-hybridized carbons (Fsp3) is 0.400. The minimum atomic E-state index is -4.36. The molecule has 0 saturated carbocycles. The van der Waals surface area contributed by atoms with Crippen LogP contribution in [0.2, 0.25) is 0 Å². The quantitative estimate of drug-likeness (QED) is 0.680. The van der Waals surface area contributed by atoms with Crippen LogP contribution >= 0.6 is 11.3 Å². The summed E-state index contributed by atoms with van der Waals surface area (Å²) < 4.78 is 40.6. The number of anilines is 1. The third-order valence-corrected chi connectivity index (χ3v) is 6.03. The first-order chi connectivity index (χ1) is 13.9. The van der Waals surface area contributed by atoms with E-state index in [2.05, 4.69) is 27.1 Å². The summed E-state index contributed by atoms with van der Waals surface area (Å²) in [4.78, 5) is 13.9. The van der Waals surface area contributed by atoms with Gasteiger partial charge >= 0.3 is 6.18 Å². The van der Waals surface area contributed by atoms with Crippen LogP contribution in [-0.4, -0.2) is 48.1 Å². The smallest absolute Gasteiger partial charge is 0.338 e. The predicted molar refractivity (Wildman–Crippen MR) is 109 cm³/mol. The van der Waals surface area contributed by atoms with Crippen LogP contribution in [0.5, 0.6) is 0 Å². The Bertz CT molecular complexity index is 980. The van der Waals surface area contributed by atoms with Crippen molar-refractivity contribution in [2.24, 2.45) is 0 Å². The summed E-state index contributed by atoms with van der Waals surface area (Å²) in [5, 5.41) is 5.11. The van der Waals surface area contributed by atoms with E-state index >= 15 is 0 Å². The Hall–Kier alpha value is -2.23. The SMILES string of the molecule is CN1CCN(c2nc(CNCc3ccccc3C(F)(F)F)c3sccc3n2)CC1. The number of hydrogen-bond donors (Lipinski definition) is 1. The number of likely N-dealkylation sites (N-methyl/N-ethyl adjacent to an activating group) is 1. The summed E-state index contributed by atoms with van der Waals surface area (Å²) in [6.07, 6.45) is -4.36. The van der Waals surface area contributed by atoms with Gasteiger partial charge in [0.15, 0.2) is 0 Å². The molecular formula is C20H22F3N5S. The molecule has 0 spiro atoms. The summed E-state index contributed by atoms with van der Waals surface area (Å²) in [6.45, 7) is 4.12. The Morgan fingerprint density at radius 2 is 1.79 bits per heavy atom. The first-order valence-corrected chi connectivity index (χ1v) is 10.3. The van der Waals surface area contributed by atoms with Gasteiger partial charge < -0.3 is 15.1 Å². The zero-order chi connectivity index (χ0) is 20.4. The molecule has 5 nitrogen and oxygen atoms in total. The lowest BCUT2D eigenvalue weighted by Gasteiger charge is -2.32. The molecule has 29 heavy (non-hydrogen) atoms. The standard InChI is InChI=1S/C20H22F3N5S/c1-27-7-9-28(10-8-27)19-25-16-6-11-29-18(16)17(26-19)13-24-12-14-4-2-3-5-15(14)20(21,22)23/h2-6,11,24H,7-10,12-13H2,1H3. The number of hydrogen-bond acceptors (Lipinski definition) is 6. The van der Waals surface area contributed by atoms with Crippen molar-refractivity contribution in [3.63, 3.8) is 0 Å². The summed E-state index contributed by atoms with van der Waals surface area (Å²) in [7, 11) is 2.09. The molecule has 1 fully saturated rings. The lowest BCUT2D eigenvalue weighted by atomic mass is 10.1. The molecule has 3 aromatic rings. The summed E-state index contributed by atoms with van der Waals surface area (Å²) >= 11 is 1.55. The van der Waals surface area contributed by atoms with Gasteiger partial charge in [0, 0.05) is 39.3 Å². The average Bonchev–Trinajstić information content (AvgIpc) is 3.17. The molecule has 1 aliphatic heterocycles. The van der Waals surface area contributed by atoms with Crippen LogP contribution in [0.4, 0.5) is 19.1 Å². The maximum absolute atomic E-state index is 13.2. The zero-order valence-corrected chi connectivity index (χ0v) is 16.9. The largest absolute Gasteiger partial charge is 0.416 e. The van der Waals surface area contributed by atoms with Crippen molar-refractivity contribution in [3.8, 4) is 0 Å². The molecule has 1 N–H and O–H groups in total. The van der Waals surface area contributed by atoms with E-state index in [1.807, 2.05) is 11.4 Å². The lowest BCUT2D eigenvalue weighted by Crippen LogP contribution is -2.45. The topological polar surface area (TPSA) is 44.3 Å². The second kappa shape index (κ2) is 8.25. The number of aromatic nitrogens is 2. The van der Waals surface area contributed by atoms with Crippen LogP contribution in [-0.2, 0) is 19.3 Å². The van der Waals surface area contributed by atoms with Gasteiger partial charge in [-0.3, -0.25) is 0 Å². The van der Waals surface area contributed by atoms with Crippen molar-refractivity contribution in [2.75, 3.05) is 38.1 Å². The summed E-state index contributed by atoms with van der Waals surface area (Å²) in [5.74, 6) is 0.691. The zero-order valence-electron chi connectivity index (χ0n) is 16.0. The van der Waals surface area contributed by atoms with Crippen molar-refractivity contribution in [3.05, 3.63) is 52.5 Å². The third-order valence-electron chi connectivity index (χ3n) is 5.08. The number of thiophene rings is 1. The van der Waals surface area contributed by atoms with Crippen LogP contribution < -0.4 is 10.2 Å².